The van der Waals surface area contributed by atoms with E-state index in [1.165, 1.54) is 5.56 Å². The molecule has 0 heterocycles. The largest absolute Gasteiger partial charge is 0.309 e. The van der Waals surface area contributed by atoms with Crippen LogP contribution in [0.25, 0.3) is 0 Å². The van der Waals surface area contributed by atoms with Gasteiger partial charge < -0.3 is 5.32 Å². The lowest BCUT2D eigenvalue weighted by molar-refractivity contribution is 0.559. The van der Waals surface area contributed by atoms with Crippen molar-refractivity contribution in [3.63, 3.8) is 0 Å². The molecule has 1 unspecified atom stereocenters. The van der Waals surface area contributed by atoms with Crippen molar-refractivity contribution in [1.29, 1.82) is 0 Å². The lowest BCUT2D eigenvalue weighted by Crippen LogP contribution is -2.24. The van der Waals surface area contributed by atoms with Gasteiger partial charge >= 0.3 is 0 Å². The van der Waals surface area contributed by atoms with Gasteiger partial charge in [-0.2, -0.15) is 0 Å². The molecule has 1 aromatic carbocycles. The van der Waals surface area contributed by atoms with Crippen LogP contribution >= 0.6 is 31.9 Å². The van der Waals surface area contributed by atoms with E-state index in [4.69, 9.17) is 6.42 Å². The number of terminal acetylenes is 1. The van der Waals surface area contributed by atoms with E-state index in [0.29, 0.717) is 6.04 Å². The van der Waals surface area contributed by atoms with Gasteiger partial charge in [0.2, 0.25) is 0 Å². The van der Waals surface area contributed by atoms with Crippen LogP contribution in [0.2, 0.25) is 0 Å². The lowest BCUT2D eigenvalue weighted by atomic mass is 10.2. The van der Waals surface area contributed by atoms with Crippen molar-refractivity contribution >= 4 is 31.9 Å². The summed E-state index contributed by atoms with van der Waals surface area (Å²) < 4.78 is 2.15. The zero-order chi connectivity index (χ0) is 11.3. The first-order chi connectivity index (χ1) is 7.13. The summed E-state index contributed by atoms with van der Waals surface area (Å²) in [6.45, 7) is 2.93. The topological polar surface area (TPSA) is 12.0 Å². The second-order valence-electron chi connectivity index (χ2n) is 3.44. The molecule has 0 bridgehead atoms. The second kappa shape index (κ2) is 6.32. The molecule has 0 aromatic heterocycles. The summed E-state index contributed by atoms with van der Waals surface area (Å²) in [5, 5.41) is 3.37. The fraction of sp³-hybridized carbons (Fsp3) is 0.333. The maximum atomic E-state index is 5.24. The van der Waals surface area contributed by atoms with Crippen LogP contribution in [-0.2, 0) is 6.54 Å². The third kappa shape index (κ3) is 4.38. The van der Waals surface area contributed by atoms with Gasteiger partial charge in [-0.25, -0.2) is 0 Å². The molecule has 80 valence electrons. The number of halogens is 2. The Bertz CT molecular complexity index is 368. The van der Waals surface area contributed by atoms with Gasteiger partial charge in [0.05, 0.1) is 0 Å². The minimum Gasteiger partial charge on any atom is -0.309 e. The van der Waals surface area contributed by atoms with Gasteiger partial charge in [0.1, 0.15) is 0 Å². The van der Waals surface area contributed by atoms with Crippen LogP contribution in [0, 0.1) is 12.3 Å². The van der Waals surface area contributed by atoms with E-state index >= 15 is 0 Å². The fourth-order valence-corrected chi connectivity index (χ4v) is 1.86. The Morgan fingerprint density at radius 2 is 2.13 bits per heavy atom. The number of hydrogen-bond acceptors (Lipinski definition) is 1. The SMILES string of the molecule is C#CCC(C)NCc1ccc(Br)c(Br)c1. The molecule has 0 fully saturated rings. The molecule has 1 nitrogen and oxygen atoms in total. The van der Waals surface area contributed by atoms with Crippen LogP contribution in [0.3, 0.4) is 0 Å². The molecule has 1 aromatic rings. The first kappa shape index (κ1) is 12.8. The summed E-state index contributed by atoms with van der Waals surface area (Å²) in [5.74, 6) is 2.64. The van der Waals surface area contributed by atoms with Crippen LogP contribution in [0.4, 0.5) is 0 Å². The van der Waals surface area contributed by atoms with Crippen LogP contribution in [0.1, 0.15) is 18.9 Å². The monoisotopic (exact) mass is 329 g/mol. The summed E-state index contributed by atoms with van der Waals surface area (Å²) in [5.41, 5.74) is 1.24. The summed E-state index contributed by atoms with van der Waals surface area (Å²) >= 11 is 6.92. The van der Waals surface area contributed by atoms with Crippen molar-refractivity contribution in [3.8, 4) is 12.3 Å². The van der Waals surface area contributed by atoms with Crippen molar-refractivity contribution in [3.05, 3.63) is 32.7 Å². The number of hydrogen-bond donors (Lipinski definition) is 1. The van der Waals surface area contributed by atoms with Gasteiger partial charge in [0.25, 0.3) is 0 Å². The van der Waals surface area contributed by atoms with E-state index in [2.05, 4.69) is 62.2 Å². The molecule has 0 spiro atoms. The molecule has 1 N–H and O–H groups in total. The van der Waals surface area contributed by atoms with E-state index in [1.807, 2.05) is 6.07 Å². The Balaban J connectivity index is 2.51. The van der Waals surface area contributed by atoms with E-state index in [-0.39, 0.29) is 0 Å². The van der Waals surface area contributed by atoms with Crippen molar-refractivity contribution in [2.45, 2.75) is 25.9 Å². The van der Waals surface area contributed by atoms with Crippen molar-refractivity contribution in [2.24, 2.45) is 0 Å². The fourth-order valence-electron chi connectivity index (χ4n) is 1.19. The number of benzene rings is 1. The highest BCUT2D eigenvalue weighted by atomic mass is 79.9. The van der Waals surface area contributed by atoms with E-state index in [1.54, 1.807) is 0 Å². The molecule has 1 atom stereocenters. The van der Waals surface area contributed by atoms with Gasteiger partial charge in [-0.15, -0.1) is 12.3 Å². The first-order valence-electron chi connectivity index (χ1n) is 4.74. The Kier molecular flexibility index (Phi) is 5.38. The van der Waals surface area contributed by atoms with Crippen molar-refractivity contribution in [1.82, 2.24) is 5.32 Å². The highest BCUT2D eigenvalue weighted by molar-refractivity contribution is 9.13. The predicted octanol–water partition coefficient (Wildman–Crippen LogP) is 3.71. The van der Waals surface area contributed by atoms with Crippen LogP contribution in [0.5, 0.6) is 0 Å². The third-order valence-corrected chi connectivity index (χ3v) is 3.94. The van der Waals surface area contributed by atoms with Gasteiger partial charge in [-0.3, -0.25) is 0 Å². The van der Waals surface area contributed by atoms with Crippen LogP contribution in [-0.4, -0.2) is 6.04 Å². The molecule has 0 aliphatic carbocycles. The molecule has 15 heavy (non-hydrogen) atoms. The normalized spacial score (nSPS) is 12.1. The number of nitrogens with one attached hydrogen (secondary N) is 1. The average molecular weight is 331 g/mol. The van der Waals surface area contributed by atoms with Crippen molar-refractivity contribution in [2.75, 3.05) is 0 Å². The average Bonchev–Trinajstić information content (AvgIpc) is 2.20. The van der Waals surface area contributed by atoms with Gasteiger partial charge in [-0.05, 0) is 56.5 Å². The standard InChI is InChI=1S/C12H13Br2N/c1-3-4-9(2)15-8-10-5-6-11(13)12(14)7-10/h1,5-7,9,15H,4,8H2,2H3. The molecule has 0 saturated heterocycles. The smallest absolute Gasteiger partial charge is 0.0320 e. The summed E-state index contributed by atoms with van der Waals surface area (Å²) in [7, 11) is 0. The van der Waals surface area contributed by atoms with E-state index < -0.39 is 0 Å². The maximum absolute atomic E-state index is 5.24. The zero-order valence-electron chi connectivity index (χ0n) is 8.56. The molecular formula is C12H13Br2N. The summed E-state index contributed by atoms with van der Waals surface area (Å²) in [4.78, 5) is 0. The van der Waals surface area contributed by atoms with Crippen molar-refractivity contribution < 1.29 is 0 Å². The highest BCUT2D eigenvalue weighted by Gasteiger charge is 2.01. The third-order valence-electron chi connectivity index (χ3n) is 2.06. The van der Waals surface area contributed by atoms with Gasteiger partial charge in [-0.1, -0.05) is 6.07 Å². The van der Waals surface area contributed by atoms with Crippen LogP contribution < -0.4 is 5.32 Å². The molecule has 0 amide bonds. The summed E-state index contributed by atoms with van der Waals surface area (Å²) in [6.07, 6.45) is 6.00. The number of rotatable bonds is 4. The summed E-state index contributed by atoms with van der Waals surface area (Å²) in [6, 6.07) is 6.58. The molecule has 3 heteroatoms. The highest BCUT2D eigenvalue weighted by Crippen LogP contribution is 2.23. The van der Waals surface area contributed by atoms with Gasteiger partial charge in [0, 0.05) is 28.0 Å². The minimum absolute atomic E-state index is 0.359. The maximum Gasteiger partial charge on any atom is 0.0320 e. The van der Waals surface area contributed by atoms with Crippen LogP contribution in [0.15, 0.2) is 27.1 Å². The Morgan fingerprint density at radius 3 is 2.73 bits per heavy atom. The molecule has 1 rings (SSSR count). The second-order valence-corrected chi connectivity index (χ2v) is 5.15. The molecule has 0 aliphatic rings. The van der Waals surface area contributed by atoms with Gasteiger partial charge in [0.15, 0.2) is 0 Å². The quantitative estimate of drug-likeness (QED) is 0.830. The van der Waals surface area contributed by atoms with E-state index in [0.717, 1.165) is 21.9 Å². The molecule has 0 aliphatic heterocycles. The first-order valence-corrected chi connectivity index (χ1v) is 6.33. The zero-order valence-corrected chi connectivity index (χ0v) is 11.7. The molecule has 0 saturated carbocycles. The molecular weight excluding hydrogens is 318 g/mol. The Labute approximate surface area is 108 Å². The Hall–Kier alpha value is -0.300. The molecule has 0 radical (unpaired) electrons. The predicted molar refractivity (Wildman–Crippen MR) is 71.6 cm³/mol. The lowest BCUT2D eigenvalue weighted by Gasteiger charge is -2.11. The Morgan fingerprint density at radius 1 is 1.40 bits per heavy atom. The van der Waals surface area contributed by atoms with E-state index in [9.17, 15) is 0 Å². The minimum atomic E-state index is 0.359.